The molecule has 0 aliphatic heterocycles. The summed E-state index contributed by atoms with van der Waals surface area (Å²) < 4.78 is 15.1. The molecule has 25 heavy (non-hydrogen) atoms. The third-order valence-corrected chi connectivity index (χ3v) is 4.03. The van der Waals surface area contributed by atoms with Crippen LogP contribution in [0.2, 0.25) is 0 Å². The molecule has 0 saturated carbocycles. The Morgan fingerprint density at radius 1 is 0.680 bits per heavy atom. The molecule has 4 heteroatoms. The van der Waals surface area contributed by atoms with Crippen LogP contribution in [0, 0.1) is 5.82 Å². The zero-order chi connectivity index (χ0) is 17.1. The summed E-state index contributed by atoms with van der Waals surface area (Å²) in [5, 5.41) is 8.22. The summed E-state index contributed by atoms with van der Waals surface area (Å²) in [5.74, 6) is -0.277. The zero-order valence-corrected chi connectivity index (χ0v) is 13.3. The average Bonchev–Trinajstić information content (AvgIpc) is 2.70. The minimum absolute atomic E-state index is 0.277. The van der Waals surface area contributed by atoms with E-state index in [1.54, 1.807) is 42.9 Å². The summed E-state index contributed by atoms with van der Waals surface area (Å²) in [6.45, 7) is 0. The molecule has 0 aliphatic rings. The van der Waals surface area contributed by atoms with Gasteiger partial charge in [0.15, 0.2) is 0 Å². The molecule has 0 N–H and O–H groups in total. The molecule has 2 aromatic heterocycles. The number of nitrogens with zero attached hydrogens (tertiary/aromatic N) is 3. The first-order valence-corrected chi connectivity index (χ1v) is 7.90. The highest BCUT2D eigenvalue weighted by atomic mass is 19.1. The molecule has 0 unspecified atom stereocenters. The molecule has 3 nitrogen and oxygen atoms in total. The second-order valence-corrected chi connectivity index (χ2v) is 5.60. The van der Waals surface area contributed by atoms with Gasteiger partial charge in [-0.2, -0.15) is 10.2 Å². The van der Waals surface area contributed by atoms with Gasteiger partial charge >= 0.3 is 0 Å². The van der Waals surface area contributed by atoms with Crippen LogP contribution >= 0.6 is 0 Å². The molecular weight excluding hydrogens is 313 g/mol. The van der Waals surface area contributed by atoms with Gasteiger partial charge in [-0.05, 0) is 23.8 Å². The van der Waals surface area contributed by atoms with E-state index >= 15 is 4.39 Å². The van der Waals surface area contributed by atoms with E-state index < -0.39 is 0 Å². The fourth-order valence-electron chi connectivity index (χ4n) is 2.77. The van der Waals surface area contributed by atoms with Gasteiger partial charge in [0, 0.05) is 34.6 Å². The van der Waals surface area contributed by atoms with Crippen molar-refractivity contribution < 1.29 is 4.39 Å². The highest BCUT2D eigenvalue weighted by molar-refractivity contribution is 5.75. The predicted molar refractivity (Wildman–Crippen MR) is 96.1 cm³/mol. The van der Waals surface area contributed by atoms with Crippen molar-refractivity contribution in [1.29, 1.82) is 0 Å². The Labute approximate surface area is 144 Å². The van der Waals surface area contributed by atoms with Gasteiger partial charge in [-0.25, -0.2) is 4.39 Å². The molecule has 2 aromatic carbocycles. The van der Waals surface area contributed by atoms with Crippen LogP contribution in [-0.2, 0) is 0 Å². The van der Waals surface area contributed by atoms with E-state index in [9.17, 15) is 0 Å². The molecule has 0 aliphatic carbocycles. The fraction of sp³-hybridized carbons (Fsp3) is 0. The monoisotopic (exact) mass is 327 g/mol. The Kier molecular flexibility index (Phi) is 4.01. The van der Waals surface area contributed by atoms with Crippen LogP contribution in [0.25, 0.3) is 33.5 Å². The number of benzene rings is 2. The Hall–Kier alpha value is -3.40. The molecule has 0 atom stereocenters. The summed E-state index contributed by atoms with van der Waals surface area (Å²) >= 11 is 0. The van der Waals surface area contributed by atoms with Gasteiger partial charge in [0.1, 0.15) is 5.82 Å². The van der Waals surface area contributed by atoms with E-state index in [-0.39, 0.29) is 5.82 Å². The van der Waals surface area contributed by atoms with E-state index in [4.69, 9.17) is 0 Å². The van der Waals surface area contributed by atoms with Crippen molar-refractivity contribution in [3.05, 3.63) is 91.1 Å². The highest BCUT2D eigenvalue weighted by Crippen LogP contribution is 2.31. The number of hydrogen-bond donors (Lipinski definition) is 0. The van der Waals surface area contributed by atoms with E-state index in [1.165, 1.54) is 0 Å². The molecule has 2 heterocycles. The lowest BCUT2D eigenvalue weighted by Crippen LogP contribution is -1.93. The number of hydrogen-bond acceptors (Lipinski definition) is 3. The lowest BCUT2D eigenvalue weighted by atomic mass is 9.99. The van der Waals surface area contributed by atoms with Gasteiger partial charge in [-0.3, -0.25) is 4.98 Å². The Morgan fingerprint density at radius 3 is 2.16 bits per heavy atom. The molecule has 0 saturated heterocycles. The van der Waals surface area contributed by atoms with Crippen molar-refractivity contribution in [2.75, 3.05) is 0 Å². The van der Waals surface area contributed by atoms with E-state index in [2.05, 4.69) is 15.2 Å². The molecule has 0 radical (unpaired) electrons. The maximum absolute atomic E-state index is 15.1. The molecular formula is C21H14FN3. The third-order valence-electron chi connectivity index (χ3n) is 4.03. The normalized spacial score (nSPS) is 10.6. The quantitative estimate of drug-likeness (QED) is 0.531. The second-order valence-electron chi connectivity index (χ2n) is 5.60. The number of rotatable bonds is 3. The SMILES string of the molecule is Fc1c(-c2ccncc2)cccc1-c1cnnc(-c2ccccc2)c1. The lowest BCUT2D eigenvalue weighted by Gasteiger charge is -2.09. The van der Waals surface area contributed by atoms with Crippen LogP contribution in [-0.4, -0.2) is 15.2 Å². The van der Waals surface area contributed by atoms with Crippen molar-refractivity contribution in [2.24, 2.45) is 0 Å². The van der Waals surface area contributed by atoms with Gasteiger partial charge in [0.05, 0.1) is 11.9 Å². The van der Waals surface area contributed by atoms with Crippen LogP contribution in [0.3, 0.4) is 0 Å². The molecule has 0 spiro atoms. The fourth-order valence-corrected chi connectivity index (χ4v) is 2.77. The van der Waals surface area contributed by atoms with Crippen molar-refractivity contribution >= 4 is 0 Å². The van der Waals surface area contributed by atoms with Crippen LogP contribution < -0.4 is 0 Å². The molecule has 120 valence electrons. The predicted octanol–water partition coefficient (Wildman–Crippen LogP) is 5.01. The van der Waals surface area contributed by atoms with Gasteiger partial charge in [0.2, 0.25) is 0 Å². The molecule has 4 rings (SSSR count). The van der Waals surface area contributed by atoms with E-state index in [0.29, 0.717) is 22.4 Å². The van der Waals surface area contributed by atoms with Crippen molar-refractivity contribution in [1.82, 2.24) is 15.2 Å². The van der Waals surface area contributed by atoms with Gasteiger partial charge < -0.3 is 0 Å². The van der Waals surface area contributed by atoms with Crippen LogP contribution in [0.5, 0.6) is 0 Å². The summed E-state index contributed by atoms with van der Waals surface area (Å²) in [5.41, 5.74) is 4.19. The summed E-state index contributed by atoms with van der Waals surface area (Å²) in [4.78, 5) is 3.99. The Bertz CT molecular complexity index is 1000. The first-order valence-electron chi connectivity index (χ1n) is 7.90. The molecule has 0 bridgehead atoms. The second kappa shape index (κ2) is 6.61. The maximum Gasteiger partial charge on any atom is 0.138 e. The minimum atomic E-state index is -0.277. The number of pyridine rings is 1. The smallest absolute Gasteiger partial charge is 0.138 e. The molecule has 0 fully saturated rings. The van der Waals surface area contributed by atoms with E-state index in [0.717, 1.165) is 11.1 Å². The largest absolute Gasteiger partial charge is 0.265 e. The topological polar surface area (TPSA) is 38.7 Å². The van der Waals surface area contributed by atoms with Crippen molar-refractivity contribution in [3.8, 4) is 33.5 Å². The minimum Gasteiger partial charge on any atom is -0.265 e. The van der Waals surface area contributed by atoms with Crippen molar-refractivity contribution in [3.63, 3.8) is 0 Å². The van der Waals surface area contributed by atoms with Gasteiger partial charge in [-0.1, -0.05) is 48.5 Å². The van der Waals surface area contributed by atoms with Crippen LogP contribution in [0.15, 0.2) is 85.3 Å². The lowest BCUT2D eigenvalue weighted by molar-refractivity contribution is 0.634. The van der Waals surface area contributed by atoms with Crippen LogP contribution in [0.1, 0.15) is 0 Å². The Balaban J connectivity index is 1.81. The van der Waals surface area contributed by atoms with E-state index in [1.807, 2.05) is 42.5 Å². The summed E-state index contributed by atoms with van der Waals surface area (Å²) in [6.07, 6.45) is 4.90. The summed E-state index contributed by atoms with van der Waals surface area (Å²) in [7, 11) is 0. The maximum atomic E-state index is 15.1. The zero-order valence-electron chi connectivity index (χ0n) is 13.3. The molecule has 4 aromatic rings. The van der Waals surface area contributed by atoms with Crippen molar-refractivity contribution in [2.45, 2.75) is 0 Å². The first-order chi connectivity index (χ1) is 12.3. The average molecular weight is 327 g/mol. The number of aromatic nitrogens is 3. The van der Waals surface area contributed by atoms with Crippen LogP contribution in [0.4, 0.5) is 4.39 Å². The standard InChI is InChI=1S/C21H14FN3/c22-21-18(15-9-11-23-12-10-15)7-4-8-19(21)17-13-20(25-24-14-17)16-5-2-1-3-6-16/h1-14H. The first kappa shape index (κ1) is 15.1. The number of halogens is 1. The third kappa shape index (κ3) is 3.02. The highest BCUT2D eigenvalue weighted by Gasteiger charge is 2.13. The Morgan fingerprint density at radius 2 is 1.40 bits per heavy atom. The van der Waals surface area contributed by atoms with Gasteiger partial charge in [0.25, 0.3) is 0 Å². The van der Waals surface area contributed by atoms with Gasteiger partial charge in [-0.15, -0.1) is 0 Å². The summed E-state index contributed by atoms with van der Waals surface area (Å²) in [6, 6.07) is 20.5. The molecule has 0 amide bonds.